The van der Waals surface area contributed by atoms with E-state index in [2.05, 4.69) is 9.80 Å². The van der Waals surface area contributed by atoms with Gasteiger partial charge in [0.2, 0.25) is 5.91 Å². The fraction of sp³-hybridized carbons (Fsp3) is 0.938. The minimum atomic E-state index is 0.263. The molecular formula is C16H28N2O2. The Kier molecular flexibility index (Phi) is 4.61. The number of aliphatic hydroxyl groups excluding tert-OH is 1. The van der Waals surface area contributed by atoms with Gasteiger partial charge in [0.05, 0.1) is 6.54 Å². The van der Waals surface area contributed by atoms with E-state index in [0.717, 1.165) is 32.0 Å². The molecule has 1 N–H and O–H groups in total. The van der Waals surface area contributed by atoms with Crippen LogP contribution in [-0.2, 0) is 4.79 Å². The van der Waals surface area contributed by atoms with Gasteiger partial charge in [0.1, 0.15) is 0 Å². The molecule has 0 aromatic rings. The number of carbonyl (C=O) groups is 1. The molecule has 0 radical (unpaired) electrons. The van der Waals surface area contributed by atoms with Crippen LogP contribution in [0.5, 0.6) is 0 Å². The van der Waals surface area contributed by atoms with Gasteiger partial charge in [-0.3, -0.25) is 9.69 Å². The van der Waals surface area contributed by atoms with Crippen molar-refractivity contribution in [3.8, 4) is 0 Å². The molecule has 4 heteroatoms. The molecule has 3 unspecified atom stereocenters. The molecule has 1 saturated carbocycles. The van der Waals surface area contributed by atoms with Gasteiger partial charge in [-0.05, 0) is 50.5 Å². The number of rotatable bonds is 3. The predicted octanol–water partition coefficient (Wildman–Crippen LogP) is 1.48. The van der Waals surface area contributed by atoms with Gasteiger partial charge >= 0.3 is 0 Å². The predicted molar refractivity (Wildman–Crippen MR) is 78.3 cm³/mol. The van der Waals surface area contributed by atoms with Crippen LogP contribution in [0.25, 0.3) is 0 Å². The highest BCUT2D eigenvalue weighted by molar-refractivity contribution is 5.78. The number of carbonyl (C=O) groups excluding carboxylic acids is 1. The van der Waals surface area contributed by atoms with Crippen LogP contribution < -0.4 is 0 Å². The molecule has 3 rings (SSSR count). The molecule has 4 nitrogen and oxygen atoms in total. The Labute approximate surface area is 122 Å². The highest BCUT2D eigenvalue weighted by atomic mass is 16.3. The molecule has 0 spiro atoms. The third-order valence-corrected chi connectivity index (χ3v) is 5.55. The average molecular weight is 280 g/mol. The van der Waals surface area contributed by atoms with Crippen LogP contribution in [0.3, 0.4) is 0 Å². The Morgan fingerprint density at radius 1 is 1.05 bits per heavy atom. The number of fused-ring (bicyclic) bond motifs is 1. The second-order valence-electron chi connectivity index (χ2n) is 6.91. The summed E-state index contributed by atoms with van der Waals surface area (Å²) < 4.78 is 0. The van der Waals surface area contributed by atoms with Crippen molar-refractivity contribution < 1.29 is 9.90 Å². The van der Waals surface area contributed by atoms with Crippen LogP contribution in [-0.4, -0.2) is 59.6 Å². The fourth-order valence-corrected chi connectivity index (χ4v) is 4.42. The first-order valence-corrected chi connectivity index (χ1v) is 8.40. The van der Waals surface area contributed by atoms with E-state index >= 15 is 0 Å². The highest BCUT2D eigenvalue weighted by Gasteiger charge is 2.36. The first-order valence-electron chi connectivity index (χ1n) is 8.40. The highest BCUT2D eigenvalue weighted by Crippen LogP contribution is 2.35. The summed E-state index contributed by atoms with van der Waals surface area (Å²) >= 11 is 0. The van der Waals surface area contributed by atoms with Crippen molar-refractivity contribution in [3.05, 3.63) is 0 Å². The van der Waals surface area contributed by atoms with Crippen LogP contribution >= 0.6 is 0 Å². The minimum absolute atomic E-state index is 0.263. The van der Waals surface area contributed by atoms with Gasteiger partial charge in [-0.15, -0.1) is 0 Å². The van der Waals surface area contributed by atoms with Crippen molar-refractivity contribution in [3.63, 3.8) is 0 Å². The summed E-state index contributed by atoms with van der Waals surface area (Å²) in [5, 5.41) is 9.20. The van der Waals surface area contributed by atoms with E-state index in [9.17, 15) is 9.90 Å². The Morgan fingerprint density at radius 3 is 2.65 bits per heavy atom. The third kappa shape index (κ3) is 3.01. The molecule has 3 aliphatic rings. The molecule has 0 aromatic heterocycles. The number of aliphatic hydroxyl groups is 1. The summed E-state index contributed by atoms with van der Waals surface area (Å²) in [7, 11) is 0. The lowest BCUT2D eigenvalue weighted by atomic mass is 9.78. The van der Waals surface area contributed by atoms with Crippen LogP contribution in [0.15, 0.2) is 0 Å². The molecule has 2 aliphatic heterocycles. The van der Waals surface area contributed by atoms with E-state index in [0.29, 0.717) is 24.4 Å². The molecule has 3 fully saturated rings. The van der Waals surface area contributed by atoms with Crippen molar-refractivity contribution in [1.29, 1.82) is 0 Å². The lowest BCUT2D eigenvalue weighted by molar-refractivity contribution is -0.138. The van der Waals surface area contributed by atoms with Gasteiger partial charge in [0.25, 0.3) is 0 Å². The molecule has 0 bridgehead atoms. The van der Waals surface area contributed by atoms with Crippen LogP contribution in [0, 0.1) is 11.8 Å². The lowest BCUT2D eigenvalue weighted by Crippen LogP contribution is -2.52. The fourth-order valence-electron chi connectivity index (χ4n) is 4.42. The molecular weight excluding hydrogens is 252 g/mol. The molecule has 2 heterocycles. The number of piperidine rings is 1. The van der Waals surface area contributed by atoms with Gasteiger partial charge in [0.15, 0.2) is 0 Å². The largest absolute Gasteiger partial charge is 0.396 e. The number of amides is 1. The summed E-state index contributed by atoms with van der Waals surface area (Å²) in [6.45, 7) is 3.67. The van der Waals surface area contributed by atoms with Crippen LogP contribution in [0.2, 0.25) is 0 Å². The summed E-state index contributed by atoms with van der Waals surface area (Å²) in [6, 6.07) is 0.529. The van der Waals surface area contributed by atoms with Crippen molar-refractivity contribution in [1.82, 2.24) is 9.80 Å². The normalized spacial score (nSPS) is 35.0. The van der Waals surface area contributed by atoms with Crippen molar-refractivity contribution >= 4 is 5.91 Å². The molecule has 1 amide bonds. The minimum Gasteiger partial charge on any atom is -0.396 e. The van der Waals surface area contributed by atoms with Crippen LogP contribution in [0.4, 0.5) is 0 Å². The molecule has 1 aliphatic carbocycles. The van der Waals surface area contributed by atoms with Crippen LogP contribution in [0.1, 0.15) is 44.9 Å². The summed E-state index contributed by atoms with van der Waals surface area (Å²) in [5.41, 5.74) is 0. The Balaban J connectivity index is 1.56. The smallest absolute Gasteiger partial charge is 0.237 e. The SMILES string of the molecule is O=C(CN1CCC(CO)C1)N1CCCC2CCCCC21. The van der Waals surface area contributed by atoms with Crippen molar-refractivity contribution in [2.45, 2.75) is 51.0 Å². The van der Waals surface area contributed by atoms with E-state index in [1.54, 1.807) is 0 Å². The summed E-state index contributed by atoms with van der Waals surface area (Å²) in [6.07, 6.45) is 8.74. The quantitative estimate of drug-likeness (QED) is 0.851. The van der Waals surface area contributed by atoms with Crippen molar-refractivity contribution in [2.75, 3.05) is 32.8 Å². The molecule has 20 heavy (non-hydrogen) atoms. The second-order valence-corrected chi connectivity index (χ2v) is 6.91. The monoisotopic (exact) mass is 280 g/mol. The number of hydrogen-bond acceptors (Lipinski definition) is 3. The second kappa shape index (κ2) is 6.44. The first-order chi connectivity index (χ1) is 9.78. The Hall–Kier alpha value is -0.610. The first kappa shape index (κ1) is 14.3. The average Bonchev–Trinajstić information content (AvgIpc) is 2.94. The van der Waals surface area contributed by atoms with Gasteiger partial charge in [0, 0.05) is 25.7 Å². The lowest BCUT2D eigenvalue weighted by Gasteiger charge is -2.44. The summed E-state index contributed by atoms with van der Waals surface area (Å²) in [4.78, 5) is 17.1. The zero-order chi connectivity index (χ0) is 13.9. The zero-order valence-corrected chi connectivity index (χ0v) is 12.5. The van der Waals surface area contributed by atoms with E-state index < -0.39 is 0 Å². The number of hydrogen-bond donors (Lipinski definition) is 1. The van der Waals surface area contributed by atoms with E-state index in [1.807, 2.05) is 0 Å². The van der Waals surface area contributed by atoms with Gasteiger partial charge in [-0.2, -0.15) is 0 Å². The van der Waals surface area contributed by atoms with Crippen molar-refractivity contribution in [2.24, 2.45) is 11.8 Å². The van der Waals surface area contributed by atoms with Gasteiger partial charge in [-0.25, -0.2) is 0 Å². The number of nitrogens with zero attached hydrogens (tertiary/aromatic N) is 2. The zero-order valence-electron chi connectivity index (χ0n) is 12.5. The van der Waals surface area contributed by atoms with E-state index in [-0.39, 0.29) is 6.61 Å². The maximum Gasteiger partial charge on any atom is 0.237 e. The third-order valence-electron chi connectivity index (χ3n) is 5.55. The van der Waals surface area contributed by atoms with E-state index in [1.165, 1.54) is 38.5 Å². The molecule has 0 aromatic carbocycles. The maximum absolute atomic E-state index is 12.6. The molecule has 114 valence electrons. The summed E-state index contributed by atoms with van der Waals surface area (Å²) in [5.74, 6) is 1.48. The Morgan fingerprint density at radius 2 is 1.85 bits per heavy atom. The van der Waals surface area contributed by atoms with Gasteiger partial charge in [-0.1, -0.05) is 12.8 Å². The maximum atomic E-state index is 12.6. The van der Waals surface area contributed by atoms with E-state index in [4.69, 9.17) is 0 Å². The molecule has 2 saturated heterocycles. The topological polar surface area (TPSA) is 43.8 Å². The Bertz CT molecular complexity index is 345. The van der Waals surface area contributed by atoms with Gasteiger partial charge < -0.3 is 10.0 Å². The standard InChI is InChI=1S/C16H28N2O2/c19-12-13-7-9-17(10-13)11-16(20)18-8-3-5-14-4-1-2-6-15(14)18/h13-15,19H,1-12H2. The molecule has 3 atom stereocenters. The number of likely N-dealkylation sites (tertiary alicyclic amines) is 2.